The van der Waals surface area contributed by atoms with Crippen molar-refractivity contribution in [2.45, 2.75) is 0 Å². The van der Waals surface area contributed by atoms with Crippen LogP contribution in [0.4, 0.5) is 4.39 Å². The van der Waals surface area contributed by atoms with Crippen LogP contribution in [0.25, 0.3) is 0 Å². The molecule has 2 nitrogen and oxygen atoms in total. The van der Waals surface area contributed by atoms with E-state index < -0.39 is 11.8 Å². The lowest BCUT2D eigenvalue weighted by Gasteiger charge is -2.03. The number of hydrogen-bond acceptors (Lipinski definition) is 2. The van der Waals surface area contributed by atoms with E-state index in [9.17, 15) is 14.3 Å². The van der Waals surface area contributed by atoms with Gasteiger partial charge in [0.05, 0.1) is 5.97 Å². The van der Waals surface area contributed by atoms with Gasteiger partial charge in [0.15, 0.2) is 0 Å². The maximum absolute atomic E-state index is 12.4. The lowest BCUT2D eigenvalue weighted by atomic mass is 10.2. The van der Waals surface area contributed by atoms with Crippen LogP contribution < -0.4 is 5.11 Å². The molecule has 0 unspecified atom stereocenters. The van der Waals surface area contributed by atoms with E-state index in [0.29, 0.717) is 3.57 Å². The first-order chi connectivity index (χ1) is 5.11. The van der Waals surface area contributed by atoms with Gasteiger partial charge in [-0.2, -0.15) is 0 Å². The molecule has 0 amide bonds. The normalized spacial score (nSPS) is 9.64. The number of carboxylic acid groups (broad SMARTS) is 1. The Hall–Kier alpha value is -0.650. The van der Waals surface area contributed by atoms with Gasteiger partial charge in [0.1, 0.15) is 5.82 Å². The lowest BCUT2D eigenvalue weighted by Crippen LogP contribution is -2.23. The third kappa shape index (κ3) is 1.89. The fourth-order valence-electron chi connectivity index (χ4n) is 0.655. The second kappa shape index (κ2) is 3.17. The topological polar surface area (TPSA) is 40.1 Å². The predicted octanol–water partition coefficient (Wildman–Crippen LogP) is 0.794. The molecule has 0 spiro atoms. The highest BCUT2D eigenvalue weighted by Gasteiger charge is 2.00. The van der Waals surface area contributed by atoms with E-state index in [1.807, 2.05) is 0 Å². The Kier molecular flexibility index (Phi) is 2.43. The SMILES string of the molecule is O=C([O-])c1ccc(F)cc1I. The minimum atomic E-state index is -1.28. The summed E-state index contributed by atoms with van der Waals surface area (Å²) >= 11 is 1.74. The van der Waals surface area contributed by atoms with E-state index in [0.717, 1.165) is 12.1 Å². The second-order valence-electron chi connectivity index (χ2n) is 1.91. The summed E-state index contributed by atoms with van der Waals surface area (Å²) < 4.78 is 12.7. The number of aromatic carboxylic acids is 1. The van der Waals surface area contributed by atoms with Crippen molar-refractivity contribution in [3.05, 3.63) is 33.1 Å². The van der Waals surface area contributed by atoms with Gasteiger partial charge in [-0.05, 0) is 40.8 Å². The summed E-state index contributed by atoms with van der Waals surface area (Å²) in [6.45, 7) is 0. The van der Waals surface area contributed by atoms with E-state index in [2.05, 4.69) is 0 Å². The molecule has 0 radical (unpaired) electrons. The molecule has 1 aromatic carbocycles. The van der Waals surface area contributed by atoms with Crippen molar-refractivity contribution in [3.63, 3.8) is 0 Å². The minimum Gasteiger partial charge on any atom is -0.545 e. The van der Waals surface area contributed by atoms with Crippen molar-refractivity contribution in [2.75, 3.05) is 0 Å². The molecule has 0 N–H and O–H groups in total. The van der Waals surface area contributed by atoms with Crippen LogP contribution in [-0.4, -0.2) is 5.97 Å². The smallest absolute Gasteiger partial charge is 0.124 e. The van der Waals surface area contributed by atoms with Crippen molar-refractivity contribution in [1.82, 2.24) is 0 Å². The zero-order valence-corrected chi connectivity index (χ0v) is 7.46. The number of rotatable bonds is 1. The van der Waals surface area contributed by atoms with Crippen molar-refractivity contribution >= 4 is 28.6 Å². The van der Waals surface area contributed by atoms with Gasteiger partial charge < -0.3 is 9.90 Å². The average molecular weight is 265 g/mol. The van der Waals surface area contributed by atoms with Gasteiger partial charge in [0, 0.05) is 9.13 Å². The molecule has 0 aromatic heterocycles. The molecule has 58 valence electrons. The van der Waals surface area contributed by atoms with Crippen molar-refractivity contribution < 1.29 is 14.3 Å². The highest BCUT2D eigenvalue weighted by molar-refractivity contribution is 14.1. The molecule has 0 atom stereocenters. The summed E-state index contributed by atoms with van der Waals surface area (Å²) in [5, 5.41) is 10.3. The van der Waals surface area contributed by atoms with Crippen LogP contribution in [0.3, 0.4) is 0 Å². The minimum absolute atomic E-state index is 0.0204. The van der Waals surface area contributed by atoms with Crippen LogP contribution in [0.15, 0.2) is 18.2 Å². The number of carboxylic acids is 1. The number of carbonyl (C=O) groups excluding carboxylic acids is 1. The Labute approximate surface area is 76.2 Å². The van der Waals surface area contributed by atoms with Crippen molar-refractivity contribution in [1.29, 1.82) is 0 Å². The summed E-state index contributed by atoms with van der Waals surface area (Å²) in [7, 11) is 0. The fourth-order valence-corrected chi connectivity index (χ4v) is 1.35. The third-order valence-corrected chi connectivity index (χ3v) is 2.04. The maximum Gasteiger partial charge on any atom is 0.124 e. The quantitative estimate of drug-likeness (QED) is 0.704. The van der Waals surface area contributed by atoms with Crippen LogP contribution in [0, 0.1) is 9.39 Å². The molecular weight excluding hydrogens is 262 g/mol. The molecule has 11 heavy (non-hydrogen) atoms. The average Bonchev–Trinajstić information content (AvgIpc) is 1.85. The van der Waals surface area contributed by atoms with Crippen LogP contribution in [0.5, 0.6) is 0 Å². The molecule has 0 aliphatic rings. The monoisotopic (exact) mass is 265 g/mol. The van der Waals surface area contributed by atoms with Crippen LogP contribution in [-0.2, 0) is 0 Å². The van der Waals surface area contributed by atoms with Gasteiger partial charge in [-0.15, -0.1) is 0 Å². The molecule has 0 aliphatic carbocycles. The van der Waals surface area contributed by atoms with Crippen molar-refractivity contribution in [2.24, 2.45) is 0 Å². The Morgan fingerprint density at radius 3 is 2.64 bits per heavy atom. The molecule has 1 aromatic rings. The van der Waals surface area contributed by atoms with E-state index >= 15 is 0 Å². The van der Waals surface area contributed by atoms with E-state index in [1.54, 1.807) is 22.6 Å². The van der Waals surface area contributed by atoms with Crippen LogP contribution >= 0.6 is 22.6 Å². The Bertz CT molecular complexity index is 298. The standard InChI is InChI=1S/C7H4FIO2/c8-4-1-2-5(7(10)11)6(9)3-4/h1-3H,(H,10,11)/p-1. The van der Waals surface area contributed by atoms with Gasteiger partial charge in [0.2, 0.25) is 0 Å². The zero-order valence-electron chi connectivity index (χ0n) is 5.30. The summed E-state index contributed by atoms with van der Waals surface area (Å²) in [5.41, 5.74) is 0.0204. The van der Waals surface area contributed by atoms with Gasteiger partial charge in [-0.3, -0.25) is 0 Å². The first kappa shape index (κ1) is 8.45. The molecule has 4 heteroatoms. The molecule has 0 fully saturated rings. The fraction of sp³-hybridized carbons (Fsp3) is 0. The first-order valence-corrected chi connectivity index (χ1v) is 3.85. The van der Waals surface area contributed by atoms with Gasteiger partial charge in [0.25, 0.3) is 0 Å². The van der Waals surface area contributed by atoms with E-state index in [4.69, 9.17) is 0 Å². The Morgan fingerprint density at radius 2 is 2.18 bits per heavy atom. The molecule has 0 heterocycles. The Balaban J connectivity index is 3.20. The summed E-state index contributed by atoms with van der Waals surface area (Å²) in [6, 6.07) is 3.42. The van der Waals surface area contributed by atoms with E-state index in [1.165, 1.54) is 6.07 Å². The molecule has 0 aliphatic heterocycles. The molecule has 0 saturated heterocycles. The second-order valence-corrected chi connectivity index (χ2v) is 3.07. The maximum atomic E-state index is 12.4. The largest absolute Gasteiger partial charge is 0.545 e. The van der Waals surface area contributed by atoms with Gasteiger partial charge >= 0.3 is 0 Å². The molecular formula is C7H3FIO2-. The number of halogens is 2. The molecule has 0 saturated carbocycles. The van der Waals surface area contributed by atoms with Crippen LogP contribution in [0.2, 0.25) is 0 Å². The highest BCUT2D eigenvalue weighted by Crippen LogP contribution is 2.12. The number of benzene rings is 1. The summed E-state index contributed by atoms with van der Waals surface area (Å²) in [4.78, 5) is 10.3. The van der Waals surface area contributed by atoms with Gasteiger partial charge in [-0.1, -0.05) is 0 Å². The predicted molar refractivity (Wildman–Crippen MR) is 43.4 cm³/mol. The van der Waals surface area contributed by atoms with Gasteiger partial charge in [-0.25, -0.2) is 4.39 Å². The van der Waals surface area contributed by atoms with Crippen LogP contribution in [0.1, 0.15) is 10.4 Å². The summed E-state index contributed by atoms with van der Waals surface area (Å²) in [5.74, 6) is -1.73. The third-order valence-electron chi connectivity index (χ3n) is 1.15. The van der Waals surface area contributed by atoms with Crippen molar-refractivity contribution in [3.8, 4) is 0 Å². The number of carbonyl (C=O) groups is 1. The molecule has 1 rings (SSSR count). The number of hydrogen-bond donors (Lipinski definition) is 0. The zero-order chi connectivity index (χ0) is 8.43. The van der Waals surface area contributed by atoms with E-state index in [-0.39, 0.29) is 5.56 Å². The Morgan fingerprint density at radius 1 is 1.55 bits per heavy atom. The lowest BCUT2D eigenvalue weighted by molar-refractivity contribution is -0.255. The highest BCUT2D eigenvalue weighted by atomic mass is 127. The first-order valence-electron chi connectivity index (χ1n) is 2.77. The summed E-state index contributed by atoms with van der Waals surface area (Å²) in [6.07, 6.45) is 0. The molecule has 0 bridgehead atoms.